The Kier molecular flexibility index (Phi) is 2.33. The molecule has 0 saturated carbocycles. The zero-order valence-electron chi connectivity index (χ0n) is 5.67. The van der Waals surface area contributed by atoms with Crippen molar-refractivity contribution in [2.24, 2.45) is 4.99 Å². The smallest absolute Gasteiger partial charge is 0.136 e. The van der Waals surface area contributed by atoms with Gasteiger partial charge in [-0.05, 0) is 12.0 Å². The topological polar surface area (TPSA) is 21.6 Å². The number of hydrogen-bond donors (Lipinski definition) is 0. The third-order valence-corrected chi connectivity index (χ3v) is 1.76. The Morgan fingerprint density at radius 3 is 3.10 bits per heavy atom. The summed E-state index contributed by atoms with van der Waals surface area (Å²) in [4.78, 5) is 4.11. The molecule has 0 aliphatic carbocycles. The van der Waals surface area contributed by atoms with Gasteiger partial charge in [0.25, 0.3) is 0 Å². The van der Waals surface area contributed by atoms with Crippen molar-refractivity contribution in [1.29, 1.82) is 0 Å². The van der Waals surface area contributed by atoms with Gasteiger partial charge in [0.2, 0.25) is 0 Å². The summed E-state index contributed by atoms with van der Waals surface area (Å²) in [5, 5.41) is 0. The quantitative estimate of drug-likeness (QED) is 0.526. The van der Waals surface area contributed by atoms with Crippen LogP contribution in [-0.4, -0.2) is 19.4 Å². The highest BCUT2D eigenvalue weighted by atomic mass is 35.5. The Bertz CT molecular complexity index is 186. The molecule has 0 saturated heterocycles. The molecule has 0 aromatic carbocycles. The van der Waals surface area contributed by atoms with E-state index in [1.54, 1.807) is 0 Å². The van der Waals surface area contributed by atoms with Gasteiger partial charge in [0.1, 0.15) is 5.76 Å². The van der Waals surface area contributed by atoms with E-state index in [0.717, 1.165) is 31.8 Å². The number of rotatable bonds is 0. The Labute approximate surface area is 66.4 Å². The van der Waals surface area contributed by atoms with Gasteiger partial charge in [-0.15, -0.1) is 12.4 Å². The fourth-order valence-electron chi connectivity index (χ4n) is 1.23. The average Bonchev–Trinajstić information content (AvgIpc) is 2.33. The number of ether oxygens (including phenoxy) is 1. The van der Waals surface area contributed by atoms with Gasteiger partial charge in [0.05, 0.1) is 12.8 Å². The van der Waals surface area contributed by atoms with Crippen LogP contribution < -0.4 is 0 Å². The minimum atomic E-state index is 0. The van der Waals surface area contributed by atoms with E-state index in [0.29, 0.717) is 0 Å². The van der Waals surface area contributed by atoms with Crippen molar-refractivity contribution in [2.75, 3.05) is 13.2 Å². The molecule has 56 valence electrons. The van der Waals surface area contributed by atoms with Crippen molar-refractivity contribution < 1.29 is 4.74 Å². The van der Waals surface area contributed by atoms with E-state index in [-0.39, 0.29) is 12.4 Å². The van der Waals surface area contributed by atoms with E-state index in [2.05, 4.69) is 4.99 Å². The standard InChI is InChI=1S/C7H9NO.ClH/c1-3-8-5-7-6(1)2-4-9-7;/h5H,1-4H2;1H. The Balaban J connectivity index is 0.000000500. The van der Waals surface area contributed by atoms with Gasteiger partial charge >= 0.3 is 0 Å². The van der Waals surface area contributed by atoms with E-state index in [1.807, 2.05) is 6.21 Å². The van der Waals surface area contributed by atoms with Gasteiger partial charge in [0, 0.05) is 13.0 Å². The molecule has 0 spiro atoms. The van der Waals surface area contributed by atoms with Crippen molar-refractivity contribution >= 4 is 18.6 Å². The third kappa shape index (κ3) is 1.16. The Hall–Kier alpha value is -0.500. The van der Waals surface area contributed by atoms with E-state index in [1.165, 1.54) is 5.57 Å². The Morgan fingerprint density at radius 1 is 1.40 bits per heavy atom. The van der Waals surface area contributed by atoms with E-state index in [4.69, 9.17) is 4.74 Å². The molecule has 0 atom stereocenters. The molecule has 0 bridgehead atoms. The minimum absolute atomic E-state index is 0. The SMILES string of the molecule is C1=NCCC2=C1OCC2.Cl. The minimum Gasteiger partial charge on any atom is -0.492 e. The lowest BCUT2D eigenvalue weighted by atomic mass is 10.1. The second-order valence-corrected chi connectivity index (χ2v) is 2.35. The molecule has 2 aliphatic heterocycles. The number of hydrogen-bond acceptors (Lipinski definition) is 2. The fraction of sp³-hybridized carbons (Fsp3) is 0.571. The molecule has 0 unspecified atom stereocenters. The second-order valence-electron chi connectivity index (χ2n) is 2.35. The maximum atomic E-state index is 5.29. The highest BCUT2D eigenvalue weighted by Crippen LogP contribution is 2.22. The number of aliphatic imine (C=N–C) groups is 1. The van der Waals surface area contributed by atoms with Crippen LogP contribution in [0, 0.1) is 0 Å². The van der Waals surface area contributed by atoms with Crippen LogP contribution >= 0.6 is 12.4 Å². The molecule has 2 heterocycles. The maximum absolute atomic E-state index is 5.29. The summed E-state index contributed by atoms with van der Waals surface area (Å²) in [6, 6.07) is 0. The zero-order valence-corrected chi connectivity index (χ0v) is 6.49. The van der Waals surface area contributed by atoms with Crippen LogP contribution in [0.15, 0.2) is 16.3 Å². The van der Waals surface area contributed by atoms with Gasteiger partial charge in [0.15, 0.2) is 0 Å². The van der Waals surface area contributed by atoms with Crippen LogP contribution in [0.3, 0.4) is 0 Å². The van der Waals surface area contributed by atoms with Crippen LogP contribution in [0.5, 0.6) is 0 Å². The Morgan fingerprint density at radius 2 is 2.30 bits per heavy atom. The molecule has 2 nitrogen and oxygen atoms in total. The average molecular weight is 160 g/mol. The van der Waals surface area contributed by atoms with Crippen molar-refractivity contribution in [1.82, 2.24) is 0 Å². The summed E-state index contributed by atoms with van der Waals surface area (Å²) >= 11 is 0. The zero-order chi connectivity index (χ0) is 6.10. The molecular weight excluding hydrogens is 150 g/mol. The number of dihydropyridines is 1. The maximum Gasteiger partial charge on any atom is 0.136 e. The molecule has 0 aromatic heterocycles. The summed E-state index contributed by atoms with van der Waals surface area (Å²) in [7, 11) is 0. The summed E-state index contributed by atoms with van der Waals surface area (Å²) in [6.45, 7) is 1.83. The first kappa shape index (κ1) is 7.61. The first-order valence-corrected chi connectivity index (χ1v) is 3.31. The molecule has 0 aromatic rings. The van der Waals surface area contributed by atoms with Crippen LogP contribution in [0.1, 0.15) is 12.8 Å². The first-order chi connectivity index (χ1) is 4.47. The first-order valence-electron chi connectivity index (χ1n) is 3.31. The van der Waals surface area contributed by atoms with Crippen molar-refractivity contribution in [3.05, 3.63) is 11.3 Å². The summed E-state index contributed by atoms with van der Waals surface area (Å²) in [5.74, 6) is 1.04. The highest BCUT2D eigenvalue weighted by molar-refractivity contribution is 5.85. The largest absolute Gasteiger partial charge is 0.492 e. The van der Waals surface area contributed by atoms with Gasteiger partial charge in [-0.3, -0.25) is 4.99 Å². The number of allylic oxidation sites excluding steroid dienone is 1. The summed E-state index contributed by atoms with van der Waals surface area (Å²) in [6.07, 6.45) is 4.10. The van der Waals surface area contributed by atoms with Gasteiger partial charge in [-0.2, -0.15) is 0 Å². The number of halogens is 1. The fourth-order valence-corrected chi connectivity index (χ4v) is 1.23. The van der Waals surface area contributed by atoms with Crippen LogP contribution in [-0.2, 0) is 4.74 Å². The monoisotopic (exact) mass is 159 g/mol. The van der Waals surface area contributed by atoms with E-state index >= 15 is 0 Å². The molecule has 2 aliphatic rings. The van der Waals surface area contributed by atoms with Crippen LogP contribution in [0.4, 0.5) is 0 Å². The molecule has 0 N–H and O–H groups in total. The molecule has 2 rings (SSSR count). The second kappa shape index (κ2) is 3.06. The normalized spacial score (nSPS) is 21.6. The van der Waals surface area contributed by atoms with Crippen LogP contribution in [0.2, 0.25) is 0 Å². The molecular formula is C7H10ClNO. The number of nitrogens with zero attached hydrogens (tertiary/aromatic N) is 1. The third-order valence-electron chi connectivity index (χ3n) is 1.76. The predicted molar refractivity (Wildman–Crippen MR) is 42.8 cm³/mol. The molecule has 0 radical (unpaired) electrons. The van der Waals surface area contributed by atoms with Crippen molar-refractivity contribution in [3.63, 3.8) is 0 Å². The van der Waals surface area contributed by atoms with Gasteiger partial charge in [-0.1, -0.05) is 0 Å². The van der Waals surface area contributed by atoms with E-state index < -0.39 is 0 Å². The van der Waals surface area contributed by atoms with Crippen LogP contribution in [0.25, 0.3) is 0 Å². The molecule has 10 heavy (non-hydrogen) atoms. The van der Waals surface area contributed by atoms with Gasteiger partial charge in [-0.25, -0.2) is 0 Å². The molecule has 0 amide bonds. The van der Waals surface area contributed by atoms with Crippen molar-refractivity contribution in [2.45, 2.75) is 12.8 Å². The lowest BCUT2D eigenvalue weighted by molar-refractivity contribution is 0.265. The molecule has 0 fully saturated rings. The summed E-state index contributed by atoms with van der Waals surface area (Å²) in [5.41, 5.74) is 1.46. The lowest BCUT2D eigenvalue weighted by Crippen LogP contribution is -1.96. The lowest BCUT2D eigenvalue weighted by Gasteiger charge is -2.03. The molecule has 3 heteroatoms. The van der Waals surface area contributed by atoms with Gasteiger partial charge < -0.3 is 4.74 Å². The van der Waals surface area contributed by atoms with Crippen molar-refractivity contribution in [3.8, 4) is 0 Å². The van der Waals surface area contributed by atoms with E-state index in [9.17, 15) is 0 Å². The highest BCUT2D eigenvalue weighted by Gasteiger charge is 2.15. The summed E-state index contributed by atoms with van der Waals surface area (Å²) < 4.78 is 5.29. The predicted octanol–water partition coefficient (Wildman–Crippen LogP) is 1.56.